The van der Waals surface area contributed by atoms with E-state index in [0.29, 0.717) is 11.4 Å². The van der Waals surface area contributed by atoms with E-state index in [9.17, 15) is 4.79 Å². The van der Waals surface area contributed by atoms with Crippen LogP contribution in [0.2, 0.25) is 0 Å². The van der Waals surface area contributed by atoms with Crippen molar-refractivity contribution in [2.24, 2.45) is 0 Å². The van der Waals surface area contributed by atoms with Gasteiger partial charge >= 0.3 is 0 Å². The standard InChI is InChI=1S/C15H13N5OS/c1-22-13-4-2-3-12(8-13)19-15(21)11-5-6-16-14(7-11)20-9-17-18-10-20/h2-10H,1H3,(H,19,21). The SMILES string of the molecule is CSc1cccc(NC(=O)c2ccnc(-n3cnnc3)c2)c1. The number of carbonyl (C=O) groups is 1. The maximum absolute atomic E-state index is 12.3. The Morgan fingerprint density at radius 3 is 2.77 bits per heavy atom. The highest BCUT2D eigenvalue weighted by molar-refractivity contribution is 7.98. The van der Waals surface area contributed by atoms with Gasteiger partial charge in [-0.05, 0) is 36.6 Å². The largest absolute Gasteiger partial charge is 0.322 e. The highest BCUT2D eigenvalue weighted by Gasteiger charge is 2.08. The van der Waals surface area contributed by atoms with Crippen LogP contribution in [0.3, 0.4) is 0 Å². The van der Waals surface area contributed by atoms with Crippen molar-refractivity contribution in [2.45, 2.75) is 4.90 Å². The Kier molecular flexibility index (Phi) is 4.15. The second-order valence-electron chi connectivity index (χ2n) is 4.46. The predicted molar refractivity (Wildman–Crippen MR) is 85.3 cm³/mol. The van der Waals surface area contributed by atoms with Crippen LogP contribution < -0.4 is 5.32 Å². The first-order chi connectivity index (χ1) is 10.8. The first kappa shape index (κ1) is 14.3. The number of anilines is 1. The summed E-state index contributed by atoms with van der Waals surface area (Å²) in [6, 6.07) is 11.1. The van der Waals surface area contributed by atoms with Gasteiger partial charge < -0.3 is 5.32 Å². The monoisotopic (exact) mass is 311 g/mol. The lowest BCUT2D eigenvalue weighted by atomic mass is 10.2. The van der Waals surface area contributed by atoms with E-state index in [1.165, 1.54) is 12.7 Å². The van der Waals surface area contributed by atoms with Crippen molar-refractivity contribution in [1.29, 1.82) is 0 Å². The number of carbonyl (C=O) groups excluding carboxylic acids is 1. The molecule has 110 valence electrons. The molecule has 0 atom stereocenters. The molecule has 3 aromatic rings. The molecule has 0 saturated carbocycles. The molecule has 0 aliphatic heterocycles. The van der Waals surface area contributed by atoms with Gasteiger partial charge in [0, 0.05) is 22.3 Å². The lowest BCUT2D eigenvalue weighted by molar-refractivity contribution is 0.102. The Morgan fingerprint density at radius 1 is 1.18 bits per heavy atom. The van der Waals surface area contributed by atoms with Gasteiger partial charge in [0.25, 0.3) is 5.91 Å². The second kappa shape index (κ2) is 6.40. The van der Waals surface area contributed by atoms with Crippen LogP contribution in [0.25, 0.3) is 5.82 Å². The van der Waals surface area contributed by atoms with Crippen LogP contribution in [0.4, 0.5) is 5.69 Å². The Labute approximate surface area is 131 Å². The number of nitrogens with zero attached hydrogens (tertiary/aromatic N) is 4. The summed E-state index contributed by atoms with van der Waals surface area (Å²) < 4.78 is 1.64. The van der Waals surface area contributed by atoms with Crippen molar-refractivity contribution >= 4 is 23.4 Å². The minimum absolute atomic E-state index is 0.185. The third-order valence-corrected chi connectivity index (χ3v) is 3.74. The fraction of sp³-hybridized carbons (Fsp3) is 0.0667. The van der Waals surface area contributed by atoms with Crippen molar-refractivity contribution in [2.75, 3.05) is 11.6 Å². The summed E-state index contributed by atoms with van der Waals surface area (Å²) in [6.45, 7) is 0. The van der Waals surface area contributed by atoms with Gasteiger partial charge in [-0.25, -0.2) is 4.98 Å². The first-order valence-corrected chi connectivity index (χ1v) is 7.75. The molecule has 0 fully saturated rings. The van der Waals surface area contributed by atoms with Crippen molar-refractivity contribution in [3.8, 4) is 5.82 Å². The molecular formula is C15H13N5OS. The lowest BCUT2D eigenvalue weighted by Gasteiger charge is -2.07. The normalized spacial score (nSPS) is 10.4. The zero-order valence-corrected chi connectivity index (χ0v) is 12.6. The van der Waals surface area contributed by atoms with Crippen molar-refractivity contribution in [3.63, 3.8) is 0 Å². The first-order valence-electron chi connectivity index (χ1n) is 6.53. The molecule has 3 rings (SSSR count). The summed E-state index contributed by atoms with van der Waals surface area (Å²) in [5, 5.41) is 10.3. The number of aromatic nitrogens is 4. The molecule has 0 aliphatic carbocycles. The van der Waals surface area contributed by atoms with Gasteiger partial charge in [0.15, 0.2) is 0 Å². The second-order valence-corrected chi connectivity index (χ2v) is 5.34. The molecule has 0 spiro atoms. The number of pyridine rings is 1. The molecule has 1 aromatic carbocycles. The number of thioether (sulfide) groups is 1. The van der Waals surface area contributed by atoms with Crippen molar-refractivity contribution in [3.05, 3.63) is 60.8 Å². The molecular weight excluding hydrogens is 298 g/mol. The number of hydrogen-bond donors (Lipinski definition) is 1. The van der Waals surface area contributed by atoms with Crippen LogP contribution in [0, 0.1) is 0 Å². The van der Waals surface area contributed by atoms with Crippen LogP contribution in [-0.2, 0) is 0 Å². The zero-order chi connectivity index (χ0) is 15.4. The van der Waals surface area contributed by atoms with Gasteiger partial charge in [-0.2, -0.15) is 0 Å². The van der Waals surface area contributed by atoms with E-state index >= 15 is 0 Å². The van der Waals surface area contributed by atoms with Gasteiger partial charge in [-0.15, -0.1) is 22.0 Å². The van der Waals surface area contributed by atoms with E-state index in [1.54, 1.807) is 34.7 Å². The molecule has 0 bridgehead atoms. The summed E-state index contributed by atoms with van der Waals surface area (Å²) in [5.74, 6) is 0.408. The Balaban J connectivity index is 1.81. The number of rotatable bonds is 4. The third-order valence-electron chi connectivity index (χ3n) is 3.02. The number of amides is 1. The lowest BCUT2D eigenvalue weighted by Crippen LogP contribution is -2.12. The summed E-state index contributed by atoms with van der Waals surface area (Å²) in [6.07, 6.45) is 6.65. The van der Waals surface area contributed by atoms with E-state index in [-0.39, 0.29) is 5.91 Å². The Bertz CT molecular complexity index is 788. The highest BCUT2D eigenvalue weighted by atomic mass is 32.2. The molecule has 2 aromatic heterocycles. The number of benzene rings is 1. The van der Waals surface area contributed by atoms with Crippen LogP contribution >= 0.6 is 11.8 Å². The van der Waals surface area contributed by atoms with E-state index in [4.69, 9.17) is 0 Å². The number of nitrogens with one attached hydrogen (secondary N) is 1. The van der Waals surface area contributed by atoms with E-state index in [0.717, 1.165) is 10.6 Å². The average molecular weight is 311 g/mol. The van der Waals surface area contributed by atoms with Gasteiger partial charge in [-0.1, -0.05) is 6.07 Å². The Hall–Kier alpha value is -2.67. The molecule has 1 amide bonds. The predicted octanol–water partition coefficient (Wildman–Crippen LogP) is 2.64. The minimum Gasteiger partial charge on any atom is -0.322 e. The van der Waals surface area contributed by atoms with Gasteiger partial charge in [0.2, 0.25) is 0 Å². The molecule has 0 unspecified atom stereocenters. The maximum atomic E-state index is 12.3. The average Bonchev–Trinajstić information content (AvgIpc) is 3.09. The topological polar surface area (TPSA) is 72.7 Å². The van der Waals surface area contributed by atoms with E-state index in [1.807, 2.05) is 30.5 Å². The summed E-state index contributed by atoms with van der Waals surface area (Å²) in [4.78, 5) is 17.6. The molecule has 1 N–H and O–H groups in total. The molecule has 6 nitrogen and oxygen atoms in total. The van der Waals surface area contributed by atoms with Gasteiger partial charge in [-0.3, -0.25) is 9.36 Å². The van der Waals surface area contributed by atoms with Crippen LogP contribution in [0.5, 0.6) is 0 Å². The molecule has 2 heterocycles. The fourth-order valence-electron chi connectivity index (χ4n) is 1.92. The van der Waals surface area contributed by atoms with E-state index < -0.39 is 0 Å². The smallest absolute Gasteiger partial charge is 0.255 e. The maximum Gasteiger partial charge on any atom is 0.255 e. The van der Waals surface area contributed by atoms with Crippen LogP contribution in [0.15, 0.2) is 60.1 Å². The van der Waals surface area contributed by atoms with Crippen molar-refractivity contribution < 1.29 is 4.79 Å². The van der Waals surface area contributed by atoms with Crippen LogP contribution in [-0.4, -0.2) is 31.9 Å². The Morgan fingerprint density at radius 2 is 2.00 bits per heavy atom. The summed E-state index contributed by atoms with van der Waals surface area (Å²) in [5.41, 5.74) is 1.28. The fourth-order valence-corrected chi connectivity index (χ4v) is 2.38. The van der Waals surface area contributed by atoms with Crippen molar-refractivity contribution in [1.82, 2.24) is 19.7 Å². The summed E-state index contributed by atoms with van der Waals surface area (Å²) >= 11 is 1.63. The van der Waals surface area contributed by atoms with Gasteiger partial charge in [0.1, 0.15) is 18.5 Å². The minimum atomic E-state index is -0.185. The molecule has 22 heavy (non-hydrogen) atoms. The molecule has 7 heteroatoms. The summed E-state index contributed by atoms with van der Waals surface area (Å²) in [7, 11) is 0. The molecule has 0 saturated heterocycles. The van der Waals surface area contributed by atoms with Gasteiger partial charge in [0.05, 0.1) is 0 Å². The third kappa shape index (κ3) is 3.15. The van der Waals surface area contributed by atoms with E-state index in [2.05, 4.69) is 20.5 Å². The quantitative estimate of drug-likeness (QED) is 0.750. The van der Waals surface area contributed by atoms with Crippen LogP contribution in [0.1, 0.15) is 10.4 Å². The zero-order valence-electron chi connectivity index (χ0n) is 11.8. The highest BCUT2D eigenvalue weighted by Crippen LogP contribution is 2.19. The molecule has 0 radical (unpaired) electrons. The number of hydrogen-bond acceptors (Lipinski definition) is 5. The molecule has 0 aliphatic rings.